The van der Waals surface area contributed by atoms with Crippen LogP contribution in [0.2, 0.25) is 0 Å². The Hall–Kier alpha value is -1.60. The van der Waals surface area contributed by atoms with E-state index >= 15 is 0 Å². The van der Waals surface area contributed by atoms with E-state index in [2.05, 4.69) is 10.6 Å². The molecule has 0 bridgehead atoms. The van der Waals surface area contributed by atoms with Crippen LogP contribution in [0.3, 0.4) is 0 Å². The van der Waals surface area contributed by atoms with Crippen LogP contribution in [0.4, 0.5) is 13.2 Å². The average molecular weight is 316 g/mol. The van der Waals surface area contributed by atoms with Gasteiger partial charge in [0, 0.05) is 13.1 Å². The van der Waals surface area contributed by atoms with E-state index in [0.717, 1.165) is 18.7 Å². The molecule has 1 heterocycles. The van der Waals surface area contributed by atoms with E-state index in [0.29, 0.717) is 18.7 Å². The maximum Gasteiger partial charge on any atom is 0.416 e. The SMILES string of the molecule is CC(NC(=O)CC1CNCCO1)c1ccc(C(F)(F)F)cc1. The number of alkyl halides is 3. The van der Waals surface area contributed by atoms with Crippen LogP contribution in [-0.4, -0.2) is 31.7 Å². The van der Waals surface area contributed by atoms with E-state index in [4.69, 9.17) is 4.74 Å². The molecule has 0 aliphatic carbocycles. The molecule has 1 aliphatic rings. The number of halogens is 3. The Morgan fingerprint density at radius 1 is 1.41 bits per heavy atom. The van der Waals surface area contributed by atoms with Gasteiger partial charge in [0.25, 0.3) is 0 Å². The first kappa shape index (κ1) is 16.8. The molecule has 1 aliphatic heterocycles. The zero-order valence-corrected chi connectivity index (χ0v) is 12.2. The molecule has 0 aromatic heterocycles. The van der Waals surface area contributed by atoms with E-state index in [1.54, 1.807) is 6.92 Å². The summed E-state index contributed by atoms with van der Waals surface area (Å²) < 4.78 is 42.9. The number of carbonyl (C=O) groups is 1. The molecule has 1 saturated heterocycles. The Kier molecular flexibility index (Phi) is 5.42. The maximum atomic E-state index is 12.5. The Morgan fingerprint density at radius 2 is 2.09 bits per heavy atom. The predicted molar refractivity (Wildman–Crippen MR) is 75.2 cm³/mol. The second-order valence-corrected chi connectivity index (χ2v) is 5.31. The molecule has 2 unspecified atom stereocenters. The normalized spacial score (nSPS) is 20.5. The Balaban J connectivity index is 1.88. The van der Waals surface area contributed by atoms with E-state index in [-0.39, 0.29) is 24.5 Å². The van der Waals surface area contributed by atoms with Crippen molar-refractivity contribution in [2.45, 2.75) is 31.7 Å². The minimum absolute atomic E-state index is 0.159. The van der Waals surface area contributed by atoms with Gasteiger partial charge >= 0.3 is 6.18 Å². The second-order valence-electron chi connectivity index (χ2n) is 5.31. The van der Waals surface area contributed by atoms with Crippen molar-refractivity contribution in [3.63, 3.8) is 0 Å². The molecule has 0 spiro atoms. The minimum Gasteiger partial charge on any atom is -0.375 e. The summed E-state index contributed by atoms with van der Waals surface area (Å²) in [5, 5.41) is 5.91. The van der Waals surface area contributed by atoms with Gasteiger partial charge < -0.3 is 15.4 Å². The third-order valence-corrected chi connectivity index (χ3v) is 3.53. The highest BCUT2D eigenvalue weighted by Crippen LogP contribution is 2.29. The predicted octanol–water partition coefficient (Wildman–Crippen LogP) is 2.26. The monoisotopic (exact) mass is 316 g/mol. The summed E-state index contributed by atoms with van der Waals surface area (Å²) in [4.78, 5) is 11.9. The summed E-state index contributed by atoms with van der Waals surface area (Å²) in [7, 11) is 0. The molecule has 2 rings (SSSR count). The van der Waals surface area contributed by atoms with Gasteiger partial charge in [-0.15, -0.1) is 0 Å². The fourth-order valence-corrected chi connectivity index (χ4v) is 2.30. The van der Waals surface area contributed by atoms with Crippen LogP contribution >= 0.6 is 0 Å². The third-order valence-electron chi connectivity index (χ3n) is 3.53. The van der Waals surface area contributed by atoms with Gasteiger partial charge in [0.2, 0.25) is 5.91 Å². The van der Waals surface area contributed by atoms with Gasteiger partial charge in [0.05, 0.1) is 30.7 Å². The first-order chi connectivity index (χ1) is 10.4. The highest BCUT2D eigenvalue weighted by Gasteiger charge is 2.30. The summed E-state index contributed by atoms with van der Waals surface area (Å²) in [6, 6.07) is 4.45. The second kappa shape index (κ2) is 7.11. The highest BCUT2D eigenvalue weighted by atomic mass is 19.4. The van der Waals surface area contributed by atoms with Crippen LogP contribution < -0.4 is 10.6 Å². The Bertz CT molecular complexity index is 497. The molecule has 2 atom stereocenters. The third kappa shape index (κ3) is 4.71. The molecule has 1 fully saturated rings. The van der Waals surface area contributed by atoms with Gasteiger partial charge in [-0.1, -0.05) is 12.1 Å². The quantitative estimate of drug-likeness (QED) is 0.896. The van der Waals surface area contributed by atoms with E-state index in [9.17, 15) is 18.0 Å². The number of rotatable bonds is 4. The molecule has 122 valence electrons. The topological polar surface area (TPSA) is 50.4 Å². The fourth-order valence-electron chi connectivity index (χ4n) is 2.30. The first-order valence-electron chi connectivity index (χ1n) is 7.15. The molecular formula is C15H19F3N2O2. The number of amides is 1. The highest BCUT2D eigenvalue weighted by molar-refractivity contribution is 5.77. The molecule has 7 heteroatoms. The smallest absolute Gasteiger partial charge is 0.375 e. The number of morpholine rings is 1. The van der Waals surface area contributed by atoms with Crippen molar-refractivity contribution in [1.29, 1.82) is 0 Å². The standard InChI is InChI=1S/C15H19F3N2O2/c1-10(11-2-4-12(5-3-11)15(16,17)18)20-14(21)8-13-9-19-6-7-22-13/h2-5,10,13,19H,6-9H2,1H3,(H,20,21). The molecule has 4 nitrogen and oxygen atoms in total. The van der Waals surface area contributed by atoms with Crippen LogP contribution in [-0.2, 0) is 15.7 Å². The zero-order valence-electron chi connectivity index (χ0n) is 12.2. The molecular weight excluding hydrogens is 297 g/mol. The lowest BCUT2D eigenvalue weighted by Gasteiger charge is -2.24. The van der Waals surface area contributed by atoms with Gasteiger partial charge in [-0.05, 0) is 24.6 Å². The number of benzene rings is 1. The van der Waals surface area contributed by atoms with E-state index < -0.39 is 11.7 Å². The summed E-state index contributed by atoms with van der Waals surface area (Å²) >= 11 is 0. The maximum absolute atomic E-state index is 12.5. The van der Waals surface area contributed by atoms with Crippen LogP contribution in [0.15, 0.2) is 24.3 Å². The minimum atomic E-state index is -4.35. The molecule has 1 aromatic carbocycles. The van der Waals surface area contributed by atoms with Crippen molar-refractivity contribution >= 4 is 5.91 Å². The van der Waals surface area contributed by atoms with E-state index in [1.807, 2.05) is 0 Å². The van der Waals surface area contributed by atoms with Gasteiger partial charge in [0.1, 0.15) is 0 Å². The van der Waals surface area contributed by atoms with Crippen molar-refractivity contribution in [2.75, 3.05) is 19.7 Å². The van der Waals surface area contributed by atoms with E-state index in [1.165, 1.54) is 12.1 Å². The number of hydrogen-bond acceptors (Lipinski definition) is 3. The number of hydrogen-bond donors (Lipinski definition) is 2. The van der Waals surface area contributed by atoms with Crippen molar-refractivity contribution in [1.82, 2.24) is 10.6 Å². The summed E-state index contributed by atoms with van der Waals surface area (Å²) in [5.41, 5.74) is -0.0690. The number of ether oxygens (including phenoxy) is 1. The molecule has 0 saturated carbocycles. The van der Waals surface area contributed by atoms with Crippen LogP contribution in [0, 0.1) is 0 Å². The zero-order chi connectivity index (χ0) is 16.2. The van der Waals surface area contributed by atoms with Crippen molar-refractivity contribution in [3.8, 4) is 0 Å². The Morgan fingerprint density at radius 3 is 2.64 bits per heavy atom. The van der Waals surface area contributed by atoms with Gasteiger partial charge in [-0.3, -0.25) is 4.79 Å². The number of nitrogens with one attached hydrogen (secondary N) is 2. The van der Waals surface area contributed by atoms with Gasteiger partial charge in [-0.25, -0.2) is 0 Å². The Labute approximate surface area is 127 Å². The molecule has 1 amide bonds. The van der Waals surface area contributed by atoms with Crippen LogP contribution in [0.1, 0.15) is 30.5 Å². The molecule has 2 N–H and O–H groups in total. The lowest BCUT2D eigenvalue weighted by Crippen LogP contribution is -2.41. The van der Waals surface area contributed by atoms with Crippen LogP contribution in [0.25, 0.3) is 0 Å². The van der Waals surface area contributed by atoms with Crippen molar-refractivity contribution in [3.05, 3.63) is 35.4 Å². The molecule has 22 heavy (non-hydrogen) atoms. The van der Waals surface area contributed by atoms with Crippen molar-refractivity contribution < 1.29 is 22.7 Å². The fraction of sp³-hybridized carbons (Fsp3) is 0.533. The lowest BCUT2D eigenvalue weighted by atomic mass is 10.1. The van der Waals surface area contributed by atoms with Crippen LogP contribution in [0.5, 0.6) is 0 Å². The molecule has 1 aromatic rings. The summed E-state index contributed by atoms with van der Waals surface area (Å²) in [6.45, 7) is 3.72. The average Bonchev–Trinajstić information content (AvgIpc) is 2.47. The largest absolute Gasteiger partial charge is 0.416 e. The first-order valence-corrected chi connectivity index (χ1v) is 7.15. The van der Waals surface area contributed by atoms with Crippen molar-refractivity contribution in [2.24, 2.45) is 0 Å². The van der Waals surface area contributed by atoms with Gasteiger partial charge in [0.15, 0.2) is 0 Å². The lowest BCUT2D eigenvalue weighted by molar-refractivity contribution is -0.137. The number of carbonyl (C=O) groups excluding carboxylic acids is 1. The molecule has 0 radical (unpaired) electrons. The van der Waals surface area contributed by atoms with Gasteiger partial charge in [-0.2, -0.15) is 13.2 Å². The summed E-state index contributed by atoms with van der Waals surface area (Å²) in [5.74, 6) is -0.180. The summed E-state index contributed by atoms with van der Waals surface area (Å²) in [6.07, 6.45) is -4.28.